The molecule has 2 amide bonds. The number of hydrogen-bond donors (Lipinski definition) is 1. The Hall–Kier alpha value is -1.36. The van der Waals surface area contributed by atoms with Gasteiger partial charge in [-0.1, -0.05) is 6.58 Å². The van der Waals surface area contributed by atoms with E-state index in [1.807, 2.05) is 5.32 Å². The van der Waals surface area contributed by atoms with Crippen LogP contribution in [-0.2, 0) is 9.53 Å². The summed E-state index contributed by atoms with van der Waals surface area (Å²) in [6.45, 7) is 5.05. The van der Waals surface area contributed by atoms with Crippen LogP contribution in [0, 0.1) is 0 Å². The average molecular weight is 161 g/mol. The van der Waals surface area contributed by atoms with Crippen LogP contribution < -0.4 is 5.32 Å². The largest absolute Gasteiger partial charge is 0.450 e. The highest BCUT2D eigenvalue weighted by atomic mass is 16.5. The summed E-state index contributed by atoms with van der Waals surface area (Å²) in [6, 6.07) is 0. The van der Waals surface area contributed by atoms with E-state index >= 15 is 0 Å². The molecule has 0 unspecified atom stereocenters. The third-order valence-corrected chi connectivity index (χ3v) is 0.686. The molecule has 0 saturated carbocycles. The van der Waals surface area contributed by atoms with Crippen LogP contribution in [0.1, 0.15) is 6.92 Å². The highest BCUT2D eigenvalue weighted by Crippen LogP contribution is 1.75. The lowest BCUT2D eigenvalue weighted by Crippen LogP contribution is -2.29. The van der Waals surface area contributed by atoms with E-state index in [4.69, 9.17) is 0 Å². The van der Waals surface area contributed by atoms with Gasteiger partial charge in [0.15, 0.2) is 0 Å². The predicted octanol–water partition coefficient (Wildman–Crippen LogP) is -0.380. The van der Waals surface area contributed by atoms with Crippen LogP contribution in [-0.4, -0.2) is 24.1 Å². The van der Waals surface area contributed by atoms with Gasteiger partial charge in [-0.25, -0.2) is 4.79 Å². The molecule has 5 heteroatoms. The summed E-state index contributed by atoms with van der Waals surface area (Å²) in [4.78, 5) is 20.8. The Morgan fingerprint density at radius 2 is 2.18 bits per heavy atom. The molecular formula is C6H11NO4. The van der Waals surface area contributed by atoms with Crippen LogP contribution in [0.15, 0.2) is 12.7 Å². The minimum absolute atomic E-state index is 0. The van der Waals surface area contributed by atoms with E-state index < -0.39 is 12.0 Å². The Labute approximate surface area is 64.3 Å². The maximum atomic E-state index is 10.4. The SMILES string of the molecule is C=CC(=O)NC(=O)OCC.O. The average Bonchev–Trinajstić information content (AvgIpc) is 1.88. The van der Waals surface area contributed by atoms with Crippen molar-refractivity contribution in [2.24, 2.45) is 0 Å². The number of amides is 2. The first kappa shape index (κ1) is 12.3. The summed E-state index contributed by atoms with van der Waals surface area (Å²) in [5.74, 6) is -0.557. The molecule has 0 aromatic heterocycles. The first-order valence-electron chi connectivity index (χ1n) is 2.81. The molecule has 0 aromatic rings. The van der Waals surface area contributed by atoms with Gasteiger partial charge in [-0.15, -0.1) is 0 Å². The van der Waals surface area contributed by atoms with Gasteiger partial charge in [0, 0.05) is 0 Å². The van der Waals surface area contributed by atoms with Crippen LogP contribution in [0.4, 0.5) is 4.79 Å². The molecule has 0 aromatic carbocycles. The maximum absolute atomic E-state index is 10.4. The Morgan fingerprint density at radius 1 is 1.64 bits per heavy atom. The molecule has 11 heavy (non-hydrogen) atoms. The number of nitrogens with one attached hydrogen (secondary N) is 1. The molecule has 3 N–H and O–H groups in total. The Morgan fingerprint density at radius 3 is 2.55 bits per heavy atom. The summed E-state index contributed by atoms with van der Waals surface area (Å²) < 4.78 is 4.40. The number of carbonyl (C=O) groups is 2. The summed E-state index contributed by atoms with van der Waals surface area (Å²) >= 11 is 0. The fourth-order valence-corrected chi connectivity index (χ4v) is 0.319. The molecule has 0 aliphatic rings. The van der Waals surface area contributed by atoms with Gasteiger partial charge in [-0.05, 0) is 13.0 Å². The molecular weight excluding hydrogens is 150 g/mol. The minimum atomic E-state index is -0.743. The third-order valence-electron chi connectivity index (χ3n) is 0.686. The Balaban J connectivity index is 0. The lowest BCUT2D eigenvalue weighted by molar-refractivity contribution is -0.115. The van der Waals surface area contributed by atoms with Gasteiger partial charge in [0.25, 0.3) is 5.91 Å². The number of rotatable bonds is 2. The number of hydrogen-bond acceptors (Lipinski definition) is 3. The van der Waals surface area contributed by atoms with Crippen molar-refractivity contribution in [2.75, 3.05) is 6.61 Å². The van der Waals surface area contributed by atoms with Crippen molar-refractivity contribution in [3.05, 3.63) is 12.7 Å². The smallest absolute Gasteiger partial charge is 0.414 e. The van der Waals surface area contributed by atoms with Gasteiger partial charge in [-0.2, -0.15) is 0 Å². The zero-order valence-electron chi connectivity index (χ0n) is 6.22. The summed E-state index contributed by atoms with van der Waals surface area (Å²) in [6.07, 6.45) is 0.254. The van der Waals surface area contributed by atoms with Crippen molar-refractivity contribution in [1.82, 2.24) is 5.32 Å². The molecule has 0 fully saturated rings. The maximum Gasteiger partial charge on any atom is 0.414 e. The topological polar surface area (TPSA) is 86.9 Å². The van der Waals surface area contributed by atoms with Crippen molar-refractivity contribution >= 4 is 12.0 Å². The van der Waals surface area contributed by atoms with Crippen molar-refractivity contribution in [2.45, 2.75) is 6.92 Å². The molecule has 0 spiro atoms. The third kappa shape index (κ3) is 6.53. The lowest BCUT2D eigenvalue weighted by atomic mass is 10.6. The van der Waals surface area contributed by atoms with Crippen molar-refractivity contribution in [1.29, 1.82) is 0 Å². The number of ether oxygens (including phenoxy) is 1. The van der Waals surface area contributed by atoms with E-state index in [1.54, 1.807) is 6.92 Å². The zero-order chi connectivity index (χ0) is 7.98. The first-order chi connectivity index (χ1) is 4.70. The Bertz CT molecular complexity index is 155. The molecule has 0 bridgehead atoms. The molecule has 0 aliphatic heterocycles. The molecule has 0 rings (SSSR count). The van der Waals surface area contributed by atoms with E-state index in [2.05, 4.69) is 11.3 Å². The van der Waals surface area contributed by atoms with Crippen LogP contribution in [0.3, 0.4) is 0 Å². The molecule has 0 heterocycles. The molecule has 0 radical (unpaired) electrons. The molecule has 64 valence electrons. The second-order valence-electron chi connectivity index (χ2n) is 1.41. The fraction of sp³-hybridized carbons (Fsp3) is 0.333. The van der Waals surface area contributed by atoms with Crippen molar-refractivity contribution in [3.63, 3.8) is 0 Å². The first-order valence-corrected chi connectivity index (χ1v) is 2.81. The highest BCUT2D eigenvalue weighted by molar-refractivity contribution is 5.98. The Kier molecular flexibility index (Phi) is 7.57. The van der Waals surface area contributed by atoms with Gasteiger partial charge in [0.1, 0.15) is 0 Å². The lowest BCUT2D eigenvalue weighted by Gasteiger charge is -1.99. The quantitative estimate of drug-likeness (QED) is 0.560. The summed E-state index contributed by atoms with van der Waals surface area (Å²) in [7, 11) is 0. The van der Waals surface area contributed by atoms with E-state index in [1.165, 1.54) is 0 Å². The van der Waals surface area contributed by atoms with Gasteiger partial charge >= 0.3 is 6.09 Å². The minimum Gasteiger partial charge on any atom is -0.450 e. The van der Waals surface area contributed by atoms with Crippen LogP contribution >= 0.6 is 0 Å². The number of imide groups is 1. The van der Waals surface area contributed by atoms with Gasteiger partial charge in [0.2, 0.25) is 0 Å². The zero-order valence-corrected chi connectivity index (χ0v) is 6.22. The second kappa shape index (κ2) is 6.76. The molecule has 0 aliphatic carbocycles. The van der Waals surface area contributed by atoms with Gasteiger partial charge < -0.3 is 10.2 Å². The highest BCUT2D eigenvalue weighted by Gasteiger charge is 2.01. The van der Waals surface area contributed by atoms with E-state index in [0.717, 1.165) is 6.08 Å². The van der Waals surface area contributed by atoms with E-state index in [0.29, 0.717) is 0 Å². The van der Waals surface area contributed by atoms with Gasteiger partial charge in [0.05, 0.1) is 6.61 Å². The summed E-state index contributed by atoms with van der Waals surface area (Å²) in [5.41, 5.74) is 0. The standard InChI is InChI=1S/C6H9NO3.H2O/c1-3-5(8)7-6(9)10-4-2;/h3H,1,4H2,2H3,(H,7,8,9);1H2. The fourth-order valence-electron chi connectivity index (χ4n) is 0.319. The van der Waals surface area contributed by atoms with Crippen LogP contribution in [0.2, 0.25) is 0 Å². The molecule has 0 atom stereocenters. The van der Waals surface area contributed by atoms with Crippen molar-refractivity contribution < 1.29 is 19.8 Å². The normalized spacial score (nSPS) is 7.36. The van der Waals surface area contributed by atoms with Crippen LogP contribution in [0.25, 0.3) is 0 Å². The summed E-state index contributed by atoms with van der Waals surface area (Å²) in [5, 5.41) is 1.91. The predicted molar refractivity (Wildman–Crippen MR) is 39.0 cm³/mol. The molecule has 0 saturated heterocycles. The van der Waals surface area contributed by atoms with Crippen molar-refractivity contribution in [3.8, 4) is 0 Å². The monoisotopic (exact) mass is 161 g/mol. The van der Waals surface area contributed by atoms with E-state index in [-0.39, 0.29) is 12.1 Å². The number of carbonyl (C=O) groups excluding carboxylic acids is 2. The van der Waals surface area contributed by atoms with E-state index in [9.17, 15) is 9.59 Å². The molecule has 5 nitrogen and oxygen atoms in total. The van der Waals surface area contributed by atoms with Gasteiger partial charge in [-0.3, -0.25) is 10.1 Å². The number of alkyl carbamates (subject to hydrolysis) is 1. The second-order valence-corrected chi connectivity index (χ2v) is 1.41. The van der Waals surface area contributed by atoms with Crippen LogP contribution in [0.5, 0.6) is 0 Å².